The maximum absolute atomic E-state index is 11.0. The largest absolute Gasteiger partial charge is 0.478 e. The Morgan fingerprint density at radius 3 is 2.74 bits per heavy atom. The molecule has 0 aliphatic heterocycles. The summed E-state index contributed by atoms with van der Waals surface area (Å²) in [6, 6.07) is 4.78. The number of primary amides is 1. The van der Waals surface area contributed by atoms with E-state index in [4.69, 9.17) is 10.8 Å². The van der Waals surface area contributed by atoms with Crippen LogP contribution in [0.4, 0.5) is 0 Å². The Labute approximate surface area is 109 Å². The normalized spacial score (nSPS) is 10.8. The summed E-state index contributed by atoms with van der Waals surface area (Å²) < 4.78 is 1.85. The molecule has 6 heteroatoms. The second-order valence-corrected chi connectivity index (χ2v) is 4.26. The molecule has 1 heterocycles. The molecule has 0 atom stereocenters. The van der Waals surface area contributed by atoms with Gasteiger partial charge in [-0.1, -0.05) is 6.92 Å². The standard InChI is InChI=1S/C13H15N3O3/c1-2-12-15-9-4-3-8(13(18)19)7-10(9)16(12)6-5-11(14)17/h3-4,7H,2,5-6H2,1H3,(H2,14,17)(H,18,19). The van der Waals surface area contributed by atoms with Crippen LogP contribution < -0.4 is 5.73 Å². The van der Waals surface area contributed by atoms with Crippen LogP contribution in [0.25, 0.3) is 11.0 Å². The number of carbonyl (C=O) groups excluding carboxylic acids is 1. The first-order chi connectivity index (χ1) is 9.02. The van der Waals surface area contributed by atoms with Gasteiger partial charge >= 0.3 is 5.97 Å². The van der Waals surface area contributed by atoms with E-state index in [9.17, 15) is 9.59 Å². The minimum Gasteiger partial charge on any atom is -0.478 e. The van der Waals surface area contributed by atoms with Gasteiger partial charge in [-0.05, 0) is 18.2 Å². The maximum atomic E-state index is 11.0. The second-order valence-electron chi connectivity index (χ2n) is 4.26. The number of aryl methyl sites for hydroxylation is 2. The molecular formula is C13H15N3O3. The Morgan fingerprint density at radius 1 is 1.42 bits per heavy atom. The Morgan fingerprint density at radius 2 is 2.16 bits per heavy atom. The molecule has 1 aromatic carbocycles. The number of amides is 1. The van der Waals surface area contributed by atoms with Crippen molar-refractivity contribution in [3.05, 3.63) is 29.6 Å². The van der Waals surface area contributed by atoms with Crippen molar-refractivity contribution in [1.29, 1.82) is 0 Å². The van der Waals surface area contributed by atoms with Crippen LogP contribution in [0.3, 0.4) is 0 Å². The molecular weight excluding hydrogens is 246 g/mol. The molecule has 0 saturated carbocycles. The van der Waals surface area contributed by atoms with Crippen LogP contribution in [0.2, 0.25) is 0 Å². The van der Waals surface area contributed by atoms with Crippen molar-refractivity contribution in [1.82, 2.24) is 9.55 Å². The highest BCUT2D eigenvalue weighted by molar-refractivity contribution is 5.92. The van der Waals surface area contributed by atoms with Gasteiger partial charge in [0.2, 0.25) is 5.91 Å². The van der Waals surface area contributed by atoms with Crippen LogP contribution in [-0.2, 0) is 17.8 Å². The van der Waals surface area contributed by atoms with Crippen LogP contribution in [0.15, 0.2) is 18.2 Å². The van der Waals surface area contributed by atoms with E-state index in [0.29, 0.717) is 13.0 Å². The van der Waals surface area contributed by atoms with Gasteiger partial charge in [-0.25, -0.2) is 9.78 Å². The van der Waals surface area contributed by atoms with Crippen LogP contribution >= 0.6 is 0 Å². The first kappa shape index (κ1) is 13.1. The minimum absolute atomic E-state index is 0.204. The maximum Gasteiger partial charge on any atom is 0.335 e. The Balaban J connectivity index is 2.53. The molecule has 19 heavy (non-hydrogen) atoms. The molecule has 3 N–H and O–H groups in total. The molecule has 0 radical (unpaired) electrons. The molecule has 2 rings (SSSR count). The summed E-state index contributed by atoms with van der Waals surface area (Å²) in [7, 11) is 0. The van der Waals surface area contributed by atoms with Gasteiger partial charge in [0.1, 0.15) is 5.82 Å². The number of carboxylic acid groups (broad SMARTS) is 1. The van der Waals surface area contributed by atoms with E-state index in [1.165, 1.54) is 6.07 Å². The number of hydrogen-bond donors (Lipinski definition) is 2. The zero-order chi connectivity index (χ0) is 14.0. The molecule has 2 aromatic rings. The summed E-state index contributed by atoms with van der Waals surface area (Å²) in [6.07, 6.45) is 0.908. The summed E-state index contributed by atoms with van der Waals surface area (Å²) in [5, 5.41) is 9.01. The van der Waals surface area contributed by atoms with Crippen molar-refractivity contribution in [2.45, 2.75) is 26.3 Å². The predicted molar refractivity (Wildman–Crippen MR) is 69.9 cm³/mol. The van der Waals surface area contributed by atoms with E-state index in [0.717, 1.165) is 16.9 Å². The predicted octanol–water partition coefficient (Wildman–Crippen LogP) is 1.17. The molecule has 1 aromatic heterocycles. The lowest BCUT2D eigenvalue weighted by molar-refractivity contribution is -0.118. The second kappa shape index (κ2) is 5.09. The molecule has 0 aliphatic carbocycles. The van der Waals surface area contributed by atoms with Crippen molar-refractivity contribution in [2.75, 3.05) is 0 Å². The Hall–Kier alpha value is -2.37. The van der Waals surface area contributed by atoms with Crippen LogP contribution in [0, 0.1) is 0 Å². The topological polar surface area (TPSA) is 98.2 Å². The van der Waals surface area contributed by atoms with E-state index >= 15 is 0 Å². The van der Waals surface area contributed by atoms with E-state index in [2.05, 4.69) is 4.98 Å². The van der Waals surface area contributed by atoms with E-state index in [-0.39, 0.29) is 12.0 Å². The van der Waals surface area contributed by atoms with Crippen molar-refractivity contribution in [3.8, 4) is 0 Å². The molecule has 100 valence electrons. The molecule has 0 saturated heterocycles. The van der Waals surface area contributed by atoms with Crippen LogP contribution in [0.5, 0.6) is 0 Å². The molecule has 1 amide bonds. The summed E-state index contributed by atoms with van der Waals surface area (Å²) >= 11 is 0. The first-order valence-corrected chi connectivity index (χ1v) is 6.03. The summed E-state index contributed by atoms with van der Waals surface area (Å²) in [6.45, 7) is 2.37. The zero-order valence-electron chi connectivity index (χ0n) is 10.6. The van der Waals surface area contributed by atoms with Crippen molar-refractivity contribution in [2.24, 2.45) is 5.73 Å². The molecule has 0 aliphatic rings. The number of fused-ring (bicyclic) bond motifs is 1. The number of rotatable bonds is 5. The number of benzene rings is 1. The van der Waals surface area contributed by atoms with E-state index in [1.807, 2.05) is 11.5 Å². The number of nitrogens with two attached hydrogens (primary N) is 1. The molecule has 6 nitrogen and oxygen atoms in total. The third-order valence-electron chi connectivity index (χ3n) is 2.97. The number of aromatic carboxylic acids is 1. The average molecular weight is 261 g/mol. The van der Waals surface area contributed by atoms with Gasteiger partial charge in [0.05, 0.1) is 16.6 Å². The number of hydrogen-bond acceptors (Lipinski definition) is 3. The number of aromatic nitrogens is 2. The molecule has 0 spiro atoms. The highest BCUT2D eigenvalue weighted by atomic mass is 16.4. The van der Waals surface area contributed by atoms with Gasteiger partial charge < -0.3 is 15.4 Å². The number of carbonyl (C=O) groups is 2. The Kier molecular flexibility index (Phi) is 3.50. The van der Waals surface area contributed by atoms with E-state index in [1.54, 1.807) is 12.1 Å². The molecule has 0 unspecified atom stereocenters. The van der Waals surface area contributed by atoms with Gasteiger partial charge in [0.25, 0.3) is 0 Å². The lowest BCUT2D eigenvalue weighted by atomic mass is 10.2. The molecule has 0 fully saturated rings. The lowest BCUT2D eigenvalue weighted by Gasteiger charge is -2.06. The summed E-state index contributed by atoms with van der Waals surface area (Å²) in [5.74, 6) is -0.556. The van der Waals surface area contributed by atoms with Crippen LogP contribution in [0.1, 0.15) is 29.5 Å². The van der Waals surface area contributed by atoms with Crippen molar-refractivity contribution < 1.29 is 14.7 Å². The first-order valence-electron chi connectivity index (χ1n) is 6.03. The van der Waals surface area contributed by atoms with Crippen molar-refractivity contribution >= 4 is 22.9 Å². The van der Waals surface area contributed by atoms with Gasteiger partial charge in [-0.2, -0.15) is 0 Å². The summed E-state index contributed by atoms with van der Waals surface area (Å²) in [4.78, 5) is 26.3. The quantitative estimate of drug-likeness (QED) is 0.844. The molecule has 0 bridgehead atoms. The van der Waals surface area contributed by atoms with Crippen molar-refractivity contribution in [3.63, 3.8) is 0 Å². The SMILES string of the molecule is CCc1nc2ccc(C(=O)O)cc2n1CCC(N)=O. The van der Waals surface area contributed by atoms with Gasteiger partial charge in [0.15, 0.2) is 0 Å². The Bertz CT molecular complexity index is 646. The highest BCUT2D eigenvalue weighted by Crippen LogP contribution is 2.19. The lowest BCUT2D eigenvalue weighted by Crippen LogP contribution is -2.15. The van der Waals surface area contributed by atoms with Gasteiger partial charge in [-0.15, -0.1) is 0 Å². The monoisotopic (exact) mass is 261 g/mol. The fourth-order valence-electron chi connectivity index (χ4n) is 2.05. The average Bonchev–Trinajstić information content (AvgIpc) is 2.72. The van der Waals surface area contributed by atoms with Gasteiger partial charge in [0, 0.05) is 19.4 Å². The smallest absolute Gasteiger partial charge is 0.335 e. The highest BCUT2D eigenvalue weighted by Gasteiger charge is 2.12. The van der Waals surface area contributed by atoms with E-state index < -0.39 is 11.9 Å². The third-order valence-corrected chi connectivity index (χ3v) is 2.97. The third kappa shape index (κ3) is 2.57. The van der Waals surface area contributed by atoms with Crippen LogP contribution in [-0.4, -0.2) is 26.5 Å². The number of imidazole rings is 1. The minimum atomic E-state index is -0.984. The number of nitrogens with zero attached hydrogens (tertiary/aromatic N) is 2. The fraction of sp³-hybridized carbons (Fsp3) is 0.308. The zero-order valence-corrected chi connectivity index (χ0v) is 10.6. The fourth-order valence-corrected chi connectivity index (χ4v) is 2.05. The number of carboxylic acids is 1. The van der Waals surface area contributed by atoms with Gasteiger partial charge in [-0.3, -0.25) is 4.79 Å². The summed E-state index contributed by atoms with van der Waals surface area (Å²) in [5.41, 5.74) is 6.81.